The van der Waals surface area contributed by atoms with Gasteiger partial charge in [-0.1, -0.05) is 11.6 Å². The second-order valence-corrected chi connectivity index (χ2v) is 7.99. The van der Waals surface area contributed by atoms with Gasteiger partial charge in [-0.3, -0.25) is 9.20 Å². The number of fused-ring (bicyclic) bond motifs is 1. The summed E-state index contributed by atoms with van der Waals surface area (Å²) in [6, 6.07) is 12.0. The van der Waals surface area contributed by atoms with Crippen molar-refractivity contribution in [3.05, 3.63) is 81.2 Å². The molecule has 1 aromatic carbocycles. The molecule has 0 bridgehead atoms. The topological polar surface area (TPSA) is 105 Å². The van der Waals surface area contributed by atoms with Crippen LogP contribution in [0.5, 0.6) is 0 Å². The second-order valence-electron chi connectivity index (χ2n) is 5.79. The molecule has 2 N–H and O–H groups in total. The van der Waals surface area contributed by atoms with Crippen LogP contribution >= 0.6 is 11.6 Å². The van der Waals surface area contributed by atoms with Crippen LogP contribution in [0.4, 0.5) is 0 Å². The second kappa shape index (κ2) is 7.51. The van der Waals surface area contributed by atoms with Crippen molar-refractivity contribution in [2.24, 2.45) is 0 Å². The largest absolute Gasteiger partial charge is 0.477 e. The van der Waals surface area contributed by atoms with Crippen molar-refractivity contribution in [3.63, 3.8) is 0 Å². The van der Waals surface area contributed by atoms with E-state index in [9.17, 15) is 18.0 Å². The highest BCUT2D eigenvalue weighted by atomic mass is 35.5. The summed E-state index contributed by atoms with van der Waals surface area (Å²) in [6.45, 7) is 0.165. The van der Waals surface area contributed by atoms with Crippen LogP contribution in [-0.4, -0.2) is 30.4 Å². The Labute approximate surface area is 159 Å². The highest BCUT2D eigenvalue weighted by Gasteiger charge is 2.13. The van der Waals surface area contributed by atoms with Crippen LogP contribution in [0.15, 0.2) is 64.4 Å². The Bertz CT molecular complexity index is 1170. The summed E-state index contributed by atoms with van der Waals surface area (Å²) in [6.07, 6.45) is 1.88. The number of pyridine rings is 2. The summed E-state index contributed by atoms with van der Waals surface area (Å²) < 4.78 is 28.2. The molecule has 2 heterocycles. The lowest BCUT2D eigenvalue weighted by Gasteiger charge is -2.08. The van der Waals surface area contributed by atoms with E-state index in [1.54, 1.807) is 12.1 Å². The Morgan fingerprint density at radius 1 is 1.11 bits per heavy atom. The van der Waals surface area contributed by atoms with Crippen molar-refractivity contribution >= 4 is 33.1 Å². The molecule has 3 rings (SSSR count). The maximum atomic E-state index is 12.2. The van der Waals surface area contributed by atoms with Gasteiger partial charge >= 0.3 is 5.97 Å². The Morgan fingerprint density at radius 3 is 2.48 bits per heavy atom. The first-order valence-electron chi connectivity index (χ1n) is 7.91. The molecule has 0 spiro atoms. The summed E-state index contributed by atoms with van der Waals surface area (Å²) in [7, 11) is -3.64. The first kappa shape index (κ1) is 19.1. The maximum absolute atomic E-state index is 12.2. The highest BCUT2D eigenvalue weighted by molar-refractivity contribution is 7.89. The molecule has 0 atom stereocenters. The number of halogens is 1. The molecule has 9 heteroatoms. The molecule has 0 amide bonds. The van der Waals surface area contributed by atoms with Crippen molar-refractivity contribution in [1.82, 2.24) is 9.12 Å². The van der Waals surface area contributed by atoms with Gasteiger partial charge in [0.2, 0.25) is 10.0 Å². The van der Waals surface area contributed by atoms with Crippen LogP contribution in [0.2, 0.25) is 5.02 Å². The molecule has 0 saturated heterocycles. The van der Waals surface area contributed by atoms with E-state index in [0.29, 0.717) is 17.0 Å². The Kier molecular flexibility index (Phi) is 5.31. The van der Waals surface area contributed by atoms with Gasteiger partial charge in [-0.05, 0) is 60.5 Å². The maximum Gasteiger partial charge on any atom is 0.341 e. The SMILES string of the molecule is O=C(O)c1ccc2cc(CCNS(=O)(=O)c3ccc(Cl)cc3)ccn2c1=O. The molecule has 0 fully saturated rings. The molecule has 0 saturated carbocycles. The number of rotatable bonds is 6. The summed E-state index contributed by atoms with van der Waals surface area (Å²) in [5.41, 5.74) is 0.408. The third kappa shape index (κ3) is 4.19. The van der Waals surface area contributed by atoms with Crippen LogP contribution in [0, 0.1) is 0 Å². The minimum atomic E-state index is -3.64. The third-order valence-electron chi connectivity index (χ3n) is 3.98. The quantitative estimate of drug-likeness (QED) is 0.652. The number of carboxylic acids is 1. The molecule has 0 aliphatic heterocycles. The zero-order chi connectivity index (χ0) is 19.6. The minimum Gasteiger partial charge on any atom is -0.477 e. The van der Waals surface area contributed by atoms with E-state index in [-0.39, 0.29) is 17.0 Å². The monoisotopic (exact) mass is 406 g/mol. The van der Waals surface area contributed by atoms with Crippen LogP contribution in [0.3, 0.4) is 0 Å². The first-order chi connectivity index (χ1) is 12.8. The predicted octanol–water partition coefficient (Wildman–Crippen LogP) is 2.17. The van der Waals surface area contributed by atoms with E-state index in [1.807, 2.05) is 0 Å². The van der Waals surface area contributed by atoms with Crippen LogP contribution in [0.25, 0.3) is 5.52 Å². The molecule has 0 aliphatic rings. The van der Waals surface area contributed by atoms with Gasteiger partial charge in [0.1, 0.15) is 5.56 Å². The third-order valence-corrected chi connectivity index (χ3v) is 5.71. The number of hydrogen-bond acceptors (Lipinski definition) is 4. The lowest BCUT2D eigenvalue weighted by atomic mass is 10.1. The van der Waals surface area contributed by atoms with Crippen LogP contribution < -0.4 is 10.3 Å². The number of carboxylic acid groups (broad SMARTS) is 1. The zero-order valence-corrected chi connectivity index (χ0v) is 15.5. The molecule has 0 aliphatic carbocycles. The molecule has 27 heavy (non-hydrogen) atoms. The van der Waals surface area contributed by atoms with E-state index >= 15 is 0 Å². The van der Waals surface area contributed by atoms with E-state index in [2.05, 4.69) is 4.72 Å². The van der Waals surface area contributed by atoms with Gasteiger partial charge in [0.15, 0.2) is 0 Å². The molecular formula is C18H15ClN2O5S. The number of sulfonamides is 1. The summed E-state index contributed by atoms with van der Waals surface area (Å²) in [4.78, 5) is 23.2. The number of carbonyl (C=O) groups is 1. The smallest absolute Gasteiger partial charge is 0.341 e. The van der Waals surface area contributed by atoms with Crippen LogP contribution in [0.1, 0.15) is 15.9 Å². The fraction of sp³-hybridized carbons (Fsp3) is 0.111. The average Bonchev–Trinajstić information content (AvgIpc) is 2.62. The molecular weight excluding hydrogens is 392 g/mol. The molecule has 3 aromatic rings. The van der Waals surface area contributed by atoms with Gasteiger partial charge in [0, 0.05) is 23.3 Å². The van der Waals surface area contributed by atoms with Gasteiger partial charge in [-0.2, -0.15) is 0 Å². The van der Waals surface area contributed by atoms with Gasteiger partial charge in [-0.15, -0.1) is 0 Å². The number of nitrogens with one attached hydrogen (secondary N) is 1. The lowest BCUT2D eigenvalue weighted by molar-refractivity contribution is 0.0694. The van der Waals surface area contributed by atoms with E-state index < -0.39 is 21.6 Å². The molecule has 7 nitrogen and oxygen atoms in total. The van der Waals surface area contributed by atoms with Gasteiger partial charge in [-0.25, -0.2) is 17.9 Å². The summed E-state index contributed by atoms with van der Waals surface area (Å²) in [5.74, 6) is -1.28. The fourth-order valence-electron chi connectivity index (χ4n) is 2.59. The zero-order valence-electron chi connectivity index (χ0n) is 13.9. The fourth-order valence-corrected chi connectivity index (χ4v) is 3.75. The molecule has 0 radical (unpaired) electrons. The molecule has 0 unspecified atom stereocenters. The summed E-state index contributed by atoms with van der Waals surface area (Å²) in [5, 5.41) is 9.45. The Hall–Kier alpha value is -2.68. The van der Waals surface area contributed by atoms with Crippen molar-refractivity contribution in [3.8, 4) is 0 Å². The van der Waals surface area contributed by atoms with Crippen molar-refractivity contribution in [1.29, 1.82) is 0 Å². The molecule has 2 aromatic heterocycles. The standard InChI is InChI=1S/C18H15ClN2O5S/c19-13-1-4-15(5-2-13)27(25,26)20-9-7-12-8-10-21-14(11-12)3-6-16(17(21)22)18(23)24/h1-6,8,10-11,20H,7,9H2,(H,23,24). The predicted molar refractivity (Wildman–Crippen MR) is 101 cm³/mol. The lowest BCUT2D eigenvalue weighted by Crippen LogP contribution is -2.26. The first-order valence-corrected chi connectivity index (χ1v) is 9.77. The normalized spacial score (nSPS) is 11.6. The highest BCUT2D eigenvalue weighted by Crippen LogP contribution is 2.14. The number of benzene rings is 1. The summed E-state index contributed by atoms with van der Waals surface area (Å²) >= 11 is 5.76. The number of aromatic nitrogens is 1. The number of nitrogens with zero attached hydrogens (tertiary/aromatic N) is 1. The average molecular weight is 407 g/mol. The van der Waals surface area contributed by atoms with E-state index in [0.717, 1.165) is 5.56 Å². The van der Waals surface area contributed by atoms with Crippen LogP contribution in [-0.2, 0) is 16.4 Å². The van der Waals surface area contributed by atoms with Crippen molar-refractivity contribution in [2.75, 3.05) is 6.54 Å². The van der Waals surface area contributed by atoms with Gasteiger partial charge in [0.25, 0.3) is 5.56 Å². The number of aromatic carboxylic acids is 1. The Balaban J connectivity index is 1.74. The van der Waals surface area contributed by atoms with E-state index in [4.69, 9.17) is 16.7 Å². The van der Waals surface area contributed by atoms with Gasteiger partial charge < -0.3 is 5.11 Å². The minimum absolute atomic E-state index is 0.123. The van der Waals surface area contributed by atoms with Crippen molar-refractivity contribution in [2.45, 2.75) is 11.3 Å². The van der Waals surface area contributed by atoms with E-state index in [1.165, 1.54) is 47.0 Å². The Morgan fingerprint density at radius 2 is 1.81 bits per heavy atom. The molecule has 140 valence electrons. The van der Waals surface area contributed by atoms with Gasteiger partial charge in [0.05, 0.1) is 4.90 Å². The number of hydrogen-bond donors (Lipinski definition) is 2. The van der Waals surface area contributed by atoms with Crippen molar-refractivity contribution < 1.29 is 18.3 Å².